The van der Waals surface area contributed by atoms with Crippen LogP contribution in [0.4, 0.5) is 13.2 Å². The second-order valence-electron chi connectivity index (χ2n) is 5.85. The topological polar surface area (TPSA) is 71.5 Å². The van der Waals surface area contributed by atoms with E-state index in [1.54, 1.807) is 0 Å². The number of nitrogens with zero attached hydrogens (tertiary/aromatic N) is 1. The Hall–Kier alpha value is -1.83. The fourth-order valence-electron chi connectivity index (χ4n) is 2.32. The molecule has 1 fully saturated rings. The molecule has 5 nitrogen and oxygen atoms in total. The van der Waals surface area contributed by atoms with E-state index >= 15 is 0 Å². The average Bonchev–Trinajstić information content (AvgIpc) is 2.46. The van der Waals surface area contributed by atoms with Crippen LogP contribution in [0, 0.1) is 5.41 Å². The standard InChI is InChI=1S/C15H19F3N2O3/c1-10(15(16,17)18)23-13-11(4-2-7-19-13)12(22)20-8-14(9-21)5-3-6-14/h2,4,7,10,21H,3,5-6,8-9H2,1H3,(H,20,22)/t10-/m0/s1. The molecule has 8 heteroatoms. The summed E-state index contributed by atoms with van der Waals surface area (Å²) in [5, 5.41) is 12.0. The van der Waals surface area contributed by atoms with Crippen molar-refractivity contribution in [1.29, 1.82) is 0 Å². The van der Waals surface area contributed by atoms with Crippen molar-refractivity contribution in [3.05, 3.63) is 23.9 Å². The molecular formula is C15H19F3N2O3. The molecule has 0 aliphatic heterocycles. The van der Waals surface area contributed by atoms with Crippen molar-refractivity contribution in [1.82, 2.24) is 10.3 Å². The van der Waals surface area contributed by atoms with E-state index in [2.05, 4.69) is 10.3 Å². The molecule has 2 N–H and O–H groups in total. The number of halogens is 3. The number of nitrogens with one attached hydrogen (secondary N) is 1. The number of ether oxygens (including phenoxy) is 1. The summed E-state index contributed by atoms with van der Waals surface area (Å²) in [5.41, 5.74) is -0.381. The second kappa shape index (κ2) is 6.74. The van der Waals surface area contributed by atoms with Crippen molar-refractivity contribution in [3.63, 3.8) is 0 Å². The monoisotopic (exact) mass is 332 g/mol. The third-order valence-electron chi connectivity index (χ3n) is 4.14. The van der Waals surface area contributed by atoms with E-state index in [-0.39, 0.29) is 30.0 Å². The molecule has 0 saturated heterocycles. The summed E-state index contributed by atoms with van der Waals surface area (Å²) in [7, 11) is 0. The first-order valence-electron chi connectivity index (χ1n) is 7.35. The molecule has 2 rings (SSSR count). The normalized spacial score (nSPS) is 18.0. The number of amides is 1. The van der Waals surface area contributed by atoms with Gasteiger partial charge in [-0.25, -0.2) is 4.98 Å². The van der Waals surface area contributed by atoms with Crippen LogP contribution in [0.3, 0.4) is 0 Å². The van der Waals surface area contributed by atoms with Crippen molar-refractivity contribution in [3.8, 4) is 5.88 Å². The zero-order valence-corrected chi connectivity index (χ0v) is 12.7. The Bertz CT molecular complexity index is 554. The summed E-state index contributed by atoms with van der Waals surface area (Å²) in [5.74, 6) is -0.927. The number of aliphatic hydroxyl groups is 1. The minimum atomic E-state index is -4.54. The number of hydrogen-bond acceptors (Lipinski definition) is 4. The lowest BCUT2D eigenvalue weighted by atomic mass is 9.69. The summed E-state index contributed by atoms with van der Waals surface area (Å²) >= 11 is 0. The highest BCUT2D eigenvalue weighted by Gasteiger charge is 2.39. The lowest BCUT2D eigenvalue weighted by Crippen LogP contribution is -2.44. The van der Waals surface area contributed by atoms with Gasteiger partial charge in [0.05, 0.1) is 6.61 Å². The Morgan fingerprint density at radius 1 is 1.52 bits per heavy atom. The Labute approximate surface area is 131 Å². The van der Waals surface area contributed by atoms with Gasteiger partial charge >= 0.3 is 6.18 Å². The van der Waals surface area contributed by atoms with Crippen LogP contribution < -0.4 is 10.1 Å². The molecule has 0 aromatic carbocycles. The van der Waals surface area contributed by atoms with Crippen molar-refractivity contribution < 1.29 is 27.8 Å². The number of carbonyl (C=O) groups excluding carboxylic acids is 1. The third kappa shape index (κ3) is 4.13. The molecule has 0 unspecified atom stereocenters. The fourth-order valence-corrected chi connectivity index (χ4v) is 2.32. The Morgan fingerprint density at radius 2 is 2.22 bits per heavy atom. The van der Waals surface area contributed by atoms with E-state index in [1.807, 2.05) is 0 Å². The van der Waals surface area contributed by atoms with Gasteiger partial charge in [-0.1, -0.05) is 6.42 Å². The number of aliphatic hydroxyl groups excluding tert-OH is 1. The molecule has 1 aliphatic rings. The number of rotatable bonds is 6. The maximum Gasteiger partial charge on any atom is 0.425 e. The summed E-state index contributed by atoms with van der Waals surface area (Å²) in [6.45, 7) is 1.09. The molecule has 1 aromatic heterocycles. The zero-order valence-electron chi connectivity index (χ0n) is 12.7. The first-order chi connectivity index (χ1) is 10.8. The van der Waals surface area contributed by atoms with Gasteiger partial charge in [0.1, 0.15) is 5.56 Å². The Balaban J connectivity index is 2.05. The largest absolute Gasteiger partial charge is 0.464 e. The highest BCUT2D eigenvalue weighted by molar-refractivity contribution is 5.96. The lowest BCUT2D eigenvalue weighted by molar-refractivity contribution is -0.190. The van der Waals surface area contributed by atoms with Crippen molar-refractivity contribution in [2.24, 2.45) is 5.41 Å². The van der Waals surface area contributed by atoms with E-state index in [9.17, 15) is 23.1 Å². The van der Waals surface area contributed by atoms with E-state index in [1.165, 1.54) is 18.3 Å². The van der Waals surface area contributed by atoms with Crippen molar-refractivity contribution in [2.75, 3.05) is 13.2 Å². The Kier molecular flexibility index (Phi) is 5.13. The predicted molar refractivity (Wildman–Crippen MR) is 76.1 cm³/mol. The molecule has 128 valence electrons. The van der Waals surface area contributed by atoms with Gasteiger partial charge in [-0.05, 0) is 31.9 Å². The summed E-state index contributed by atoms with van der Waals surface area (Å²) in [6.07, 6.45) is -2.74. The van der Waals surface area contributed by atoms with Crippen LogP contribution in [0.25, 0.3) is 0 Å². The van der Waals surface area contributed by atoms with Gasteiger partial charge in [-0.3, -0.25) is 4.79 Å². The quantitative estimate of drug-likeness (QED) is 0.838. The van der Waals surface area contributed by atoms with Crippen molar-refractivity contribution >= 4 is 5.91 Å². The summed E-state index contributed by atoms with van der Waals surface area (Å²) in [4.78, 5) is 15.9. The van der Waals surface area contributed by atoms with E-state index < -0.39 is 18.2 Å². The fraction of sp³-hybridized carbons (Fsp3) is 0.600. The van der Waals surface area contributed by atoms with E-state index in [4.69, 9.17) is 4.74 Å². The number of aromatic nitrogens is 1. The van der Waals surface area contributed by atoms with Gasteiger partial charge in [-0.2, -0.15) is 13.2 Å². The molecular weight excluding hydrogens is 313 g/mol. The van der Waals surface area contributed by atoms with Gasteiger partial charge in [-0.15, -0.1) is 0 Å². The van der Waals surface area contributed by atoms with Crippen LogP contribution >= 0.6 is 0 Å². The van der Waals surface area contributed by atoms with E-state index in [0.29, 0.717) is 0 Å². The van der Waals surface area contributed by atoms with E-state index in [0.717, 1.165) is 26.2 Å². The molecule has 1 saturated carbocycles. The maximum absolute atomic E-state index is 12.6. The molecule has 1 heterocycles. The number of alkyl halides is 3. The second-order valence-corrected chi connectivity index (χ2v) is 5.85. The van der Waals surface area contributed by atoms with Crippen LogP contribution in [0.1, 0.15) is 36.5 Å². The first kappa shape index (κ1) is 17.5. The van der Waals surface area contributed by atoms with Crippen LogP contribution in [-0.2, 0) is 0 Å². The molecule has 1 aliphatic carbocycles. The van der Waals surface area contributed by atoms with Crippen LogP contribution in [0.5, 0.6) is 5.88 Å². The minimum Gasteiger partial charge on any atom is -0.464 e. The number of pyridine rings is 1. The summed E-state index contributed by atoms with van der Waals surface area (Å²) in [6, 6.07) is 2.80. The van der Waals surface area contributed by atoms with Gasteiger partial charge in [0.25, 0.3) is 5.91 Å². The average molecular weight is 332 g/mol. The predicted octanol–water partition coefficient (Wildman–Crippen LogP) is 2.30. The van der Waals surface area contributed by atoms with Crippen molar-refractivity contribution in [2.45, 2.75) is 38.5 Å². The van der Waals surface area contributed by atoms with Gasteiger partial charge in [0.15, 0.2) is 6.10 Å². The van der Waals surface area contributed by atoms with Crippen LogP contribution in [0.15, 0.2) is 18.3 Å². The van der Waals surface area contributed by atoms with Crippen LogP contribution in [-0.4, -0.2) is 41.4 Å². The SMILES string of the molecule is C[C@H](Oc1ncccc1C(=O)NCC1(CO)CCC1)C(F)(F)F. The molecule has 0 radical (unpaired) electrons. The summed E-state index contributed by atoms with van der Waals surface area (Å²) < 4.78 is 42.6. The molecule has 0 spiro atoms. The third-order valence-corrected chi connectivity index (χ3v) is 4.14. The molecule has 1 atom stereocenters. The zero-order chi connectivity index (χ0) is 17.1. The number of carbonyl (C=O) groups is 1. The van der Waals surface area contributed by atoms with Gasteiger partial charge < -0.3 is 15.2 Å². The highest BCUT2D eigenvalue weighted by atomic mass is 19.4. The molecule has 23 heavy (non-hydrogen) atoms. The van der Waals surface area contributed by atoms with Gasteiger partial charge in [0, 0.05) is 18.2 Å². The van der Waals surface area contributed by atoms with Gasteiger partial charge in [0.2, 0.25) is 5.88 Å². The minimum absolute atomic E-state index is 0.0330. The molecule has 1 aromatic rings. The highest BCUT2D eigenvalue weighted by Crippen LogP contribution is 2.39. The smallest absolute Gasteiger partial charge is 0.425 e. The number of hydrogen-bond donors (Lipinski definition) is 2. The maximum atomic E-state index is 12.6. The molecule has 0 bridgehead atoms. The Morgan fingerprint density at radius 3 is 2.74 bits per heavy atom. The first-order valence-corrected chi connectivity index (χ1v) is 7.35. The lowest BCUT2D eigenvalue weighted by Gasteiger charge is -2.40. The van der Waals surface area contributed by atoms with Crippen LogP contribution in [0.2, 0.25) is 0 Å². The molecule has 1 amide bonds.